The maximum atomic E-state index is 13.4. The Balaban J connectivity index is 1.59. The van der Waals surface area contributed by atoms with Crippen LogP contribution in [-0.4, -0.2) is 36.4 Å². The number of carbonyl (C=O) groups is 2. The van der Waals surface area contributed by atoms with E-state index in [1.807, 2.05) is 0 Å². The van der Waals surface area contributed by atoms with Crippen molar-refractivity contribution < 1.29 is 27.8 Å². The molecule has 1 N–H and O–H groups in total. The third kappa shape index (κ3) is 3.37. The average molecular weight is 388 g/mol. The van der Waals surface area contributed by atoms with E-state index in [4.69, 9.17) is 9.47 Å². The van der Waals surface area contributed by atoms with Crippen molar-refractivity contribution in [3.8, 4) is 17.2 Å². The van der Waals surface area contributed by atoms with Crippen molar-refractivity contribution in [3.05, 3.63) is 47.5 Å². The number of ether oxygens (including phenoxy) is 2. The number of halogens is 2. The predicted molar refractivity (Wildman–Crippen MR) is 96.5 cm³/mol. The Hall–Kier alpha value is -3.16. The molecule has 0 saturated carbocycles. The van der Waals surface area contributed by atoms with E-state index in [2.05, 4.69) is 5.32 Å². The fraction of sp³-hybridized carbons (Fsp3) is 0.300. The molecule has 8 heteroatoms. The van der Waals surface area contributed by atoms with Crippen LogP contribution in [0.25, 0.3) is 0 Å². The van der Waals surface area contributed by atoms with Gasteiger partial charge in [-0.25, -0.2) is 8.78 Å². The Morgan fingerprint density at radius 2 is 2.00 bits per heavy atom. The number of benzene rings is 2. The second-order valence-corrected chi connectivity index (χ2v) is 6.78. The number of nitrogens with one attached hydrogen (secondary N) is 1. The molecule has 28 heavy (non-hydrogen) atoms. The molecule has 4 rings (SSSR count). The van der Waals surface area contributed by atoms with Crippen molar-refractivity contribution in [2.45, 2.75) is 25.3 Å². The van der Waals surface area contributed by atoms with E-state index in [-0.39, 0.29) is 17.6 Å². The minimum atomic E-state index is -1.01. The van der Waals surface area contributed by atoms with Gasteiger partial charge in [-0.2, -0.15) is 0 Å². The molecule has 0 radical (unpaired) electrons. The first kappa shape index (κ1) is 18.2. The summed E-state index contributed by atoms with van der Waals surface area (Å²) >= 11 is 0. The first-order valence-electron chi connectivity index (χ1n) is 8.91. The number of hydrogen-bond acceptors (Lipinski definition) is 4. The second-order valence-electron chi connectivity index (χ2n) is 6.78. The van der Waals surface area contributed by atoms with E-state index >= 15 is 0 Å². The van der Waals surface area contributed by atoms with Gasteiger partial charge in [-0.05, 0) is 24.6 Å². The highest BCUT2D eigenvalue weighted by atomic mass is 19.2. The second kappa shape index (κ2) is 7.10. The summed E-state index contributed by atoms with van der Waals surface area (Å²) in [5, 5.41) is 2.81. The Morgan fingerprint density at radius 3 is 2.71 bits per heavy atom. The molecule has 146 valence electrons. The highest BCUT2D eigenvalue weighted by Gasteiger charge is 2.34. The number of likely N-dealkylation sites (N-methyl/N-ethyl adjacent to an activating group) is 1. The Bertz CT molecular complexity index is 963. The van der Waals surface area contributed by atoms with Gasteiger partial charge >= 0.3 is 0 Å². The number of fused-ring (bicyclic) bond motifs is 1. The number of likely N-dealkylation sites (tertiary alicyclic amines) is 1. The fourth-order valence-electron chi connectivity index (χ4n) is 3.43. The molecule has 2 aromatic carbocycles. The largest absolute Gasteiger partial charge is 0.491 e. The SMILES string of the molecule is CN1C(=O)CC[C@H]1C(=O)Nc1cc(Oc2ccc(F)c(F)c2)cc2c1OCC2. The summed E-state index contributed by atoms with van der Waals surface area (Å²) in [7, 11) is 1.60. The summed E-state index contributed by atoms with van der Waals surface area (Å²) in [6.45, 7) is 0.467. The van der Waals surface area contributed by atoms with Crippen molar-refractivity contribution in [2.24, 2.45) is 0 Å². The molecule has 2 heterocycles. The van der Waals surface area contributed by atoms with Gasteiger partial charge in [0.25, 0.3) is 0 Å². The zero-order chi connectivity index (χ0) is 19.8. The van der Waals surface area contributed by atoms with E-state index < -0.39 is 17.7 Å². The molecule has 2 aliphatic heterocycles. The minimum absolute atomic E-state index is 0.0722. The lowest BCUT2D eigenvalue weighted by atomic mass is 10.1. The third-order valence-corrected chi connectivity index (χ3v) is 4.94. The van der Waals surface area contributed by atoms with Gasteiger partial charge in [0.05, 0.1) is 12.3 Å². The van der Waals surface area contributed by atoms with E-state index in [9.17, 15) is 18.4 Å². The van der Waals surface area contributed by atoms with Gasteiger partial charge < -0.3 is 19.7 Å². The number of amides is 2. The number of anilines is 1. The molecule has 0 spiro atoms. The normalized spacial score (nSPS) is 18.0. The molecule has 2 aliphatic rings. The summed E-state index contributed by atoms with van der Waals surface area (Å²) in [6.07, 6.45) is 1.42. The summed E-state index contributed by atoms with van der Waals surface area (Å²) in [5.41, 5.74) is 1.26. The Morgan fingerprint density at radius 1 is 1.18 bits per heavy atom. The fourth-order valence-corrected chi connectivity index (χ4v) is 3.43. The van der Waals surface area contributed by atoms with Gasteiger partial charge in [0, 0.05) is 37.6 Å². The zero-order valence-electron chi connectivity index (χ0n) is 15.1. The van der Waals surface area contributed by atoms with E-state index in [0.29, 0.717) is 43.1 Å². The van der Waals surface area contributed by atoms with Crippen molar-refractivity contribution in [3.63, 3.8) is 0 Å². The lowest BCUT2D eigenvalue weighted by molar-refractivity contribution is -0.131. The third-order valence-electron chi connectivity index (χ3n) is 4.94. The molecule has 2 aromatic rings. The standard InChI is InChI=1S/C20H18F2N2O4/c1-24-17(4-5-18(24)25)20(26)23-16-10-13(8-11-6-7-27-19(11)16)28-12-2-3-14(21)15(22)9-12/h2-3,8-10,17H,4-7H2,1H3,(H,23,26)/t17-/m0/s1. The van der Waals surface area contributed by atoms with E-state index in [0.717, 1.165) is 17.7 Å². The van der Waals surface area contributed by atoms with E-state index in [1.54, 1.807) is 19.2 Å². The van der Waals surface area contributed by atoms with Crippen LogP contribution in [-0.2, 0) is 16.0 Å². The summed E-state index contributed by atoms with van der Waals surface area (Å²) in [5.74, 6) is -1.30. The van der Waals surface area contributed by atoms with Crippen LogP contribution in [0.5, 0.6) is 17.2 Å². The number of hydrogen-bond donors (Lipinski definition) is 1. The van der Waals surface area contributed by atoms with Crippen LogP contribution in [0.4, 0.5) is 14.5 Å². The zero-order valence-corrected chi connectivity index (χ0v) is 15.1. The van der Waals surface area contributed by atoms with Crippen molar-refractivity contribution in [1.29, 1.82) is 0 Å². The van der Waals surface area contributed by atoms with Gasteiger partial charge in [-0.15, -0.1) is 0 Å². The summed E-state index contributed by atoms with van der Waals surface area (Å²) < 4.78 is 37.8. The van der Waals surface area contributed by atoms with E-state index in [1.165, 1.54) is 11.0 Å². The van der Waals surface area contributed by atoms with Crippen LogP contribution in [0.3, 0.4) is 0 Å². The summed E-state index contributed by atoms with van der Waals surface area (Å²) in [6, 6.07) is 6.03. The molecule has 1 fully saturated rings. The topological polar surface area (TPSA) is 67.9 Å². The predicted octanol–water partition coefficient (Wildman–Crippen LogP) is 3.25. The minimum Gasteiger partial charge on any atom is -0.491 e. The molecular weight excluding hydrogens is 370 g/mol. The smallest absolute Gasteiger partial charge is 0.247 e. The molecule has 0 aliphatic carbocycles. The molecule has 1 atom stereocenters. The van der Waals surface area contributed by atoms with Crippen LogP contribution >= 0.6 is 0 Å². The van der Waals surface area contributed by atoms with Crippen molar-refractivity contribution in [2.75, 3.05) is 19.0 Å². The first-order valence-corrected chi connectivity index (χ1v) is 8.91. The van der Waals surface area contributed by atoms with Crippen LogP contribution in [0.2, 0.25) is 0 Å². The molecule has 0 bridgehead atoms. The average Bonchev–Trinajstić information content (AvgIpc) is 3.25. The summed E-state index contributed by atoms with van der Waals surface area (Å²) in [4.78, 5) is 25.7. The van der Waals surface area contributed by atoms with Crippen LogP contribution in [0.1, 0.15) is 18.4 Å². The molecule has 6 nitrogen and oxygen atoms in total. The van der Waals surface area contributed by atoms with Crippen LogP contribution in [0.15, 0.2) is 30.3 Å². The Labute approximate surface area is 160 Å². The van der Waals surface area contributed by atoms with Gasteiger partial charge in [0.2, 0.25) is 11.8 Å². The van der Waals surface area contributed by atoms with Gasteiger partial charge in [0.1, 0.15) is 23.3 Å². The Kier molecular flexibility index (Phi) is 4.62. The van der Waals surface area contributed by atoms with Crippen molar-refractivity contribution in [1.82, 2.24) is 4.90 Å². The van der Waals surface area contributed by atoms with Gasteiger partial charge in [-0.3, -0.25) is 9.59 Å². The molecule has 1 saturated heterocycles. The monoisotopic (exact) mass is 388 g/mol. The van der Waals surface area contributed by atoms with Gasteiger partial charge in [0.15, 0.2) is 11.6 Å². The molecule has 0 aromatic heterocycles. The van der Waals surface area contributed by atoms with Crippen LogP contribution < -0.4 is 14.8 Å². The molecular formula is C20H18F2N2O4. The maximum absolute atomic E-state index is 13.4. The van der Waals surface area contributed by atoms with Crippen LogP contribution in [0, 0.1) is 11.6 Å². The highest BCUT2D eigenvalue weighted by molar-refractivity contribution is 6.00. The number of carbonyl (C=O) groups excluding carboxylic acids is 2. The molecule has 2 amide bonds. The number of nitrogens with zero attached hydrogens (tertiary/aromatic N) is 1. The number of rotatable bonds is 4. The van der Waals surface area contributed by atoms with Crippen molar-refractivity contribution >= 4 is 17.5 Å². The molecule has 0 unspecified atom stereocenters. The lowest BCUT2D eigenvalue weighted by Gasteiger charge is -2.20. The van der Waals surface area contributed by atoms with Gasteiger partial charge in [-0.1, -0.05) is 0 Å². The lowest BCUT2D eigenvalue weighted by Crippen LogP contribution is -2.38. The highest BCUT2D eigenvalue weighted by Crippen LogP contribution is 2.39. The maximum Gasteiger partial charge on any atom is 0.247 e. The first-order chi connectivity index (χ1) is 13.4. The quantitative estimate of drug-likeness (QED) is 0.873.